The molecule has 1 N–H and O–H groups in total. The average molecular weight is 349 g/mol. The fourth-order valence-electron chi connectivity index (χ4n) is 1.82. The van der Waals surface area contributed by atoms with Gasteiger partial charge >= 0.3 is 0 Å². The molecule has 0 unspecified atom stereocenters. The van der Waals surface area contributed by atoms with Crippen LogP contribution in [-0.4, -0.2) is 24.0 Å². The maximum absolute atomic E-state index is 12.0. The van der Waals surface area contributed by atoms with Crippen LogP contribution in [0.1, 0.15) is 18.5 Å². The monoisotopic (exact) mass is 348 g/mol. The van der Waals surface area contributed by atoms with Crippen LogP contribution in [0.4, 0.5) is 0 Å². The molecule has 0 aliphatic carbocycles. The number of ether oxygens (including phenoxy) is 1. The Balaban J connectivity index is 1.74. The largest absolute Gasteiger partial charge is 0.492 e. The Hall–Kier alpha value is -1.88. The van der Waals surface area contributed by atoms with Gasteiger partial charge in [0.15, 0.2) is 0 Å². The van der Waals surface area contributed by atoms with Crippen molar-refractivity contribution in [2.24, 2.45) is 0 Å². The quantitative estimate of drug-likeness (QED) is 0.816. The minimum absolute atomic E-state index is 0.0495. The van der Waals surface area contributed by atoms with Gasteiger partial charge in [0.2, 0.25) is 5.91 Å². The minimum atomic E-state index is -0.267. The van der Waals surface area contributed by atoms with Crippen LogP contribution in [0.2, 0.25) is 0 Å². The maximum atomic E-state index is 12.0. The molecule has 0 radical (unpaired) electrons. The van der Waals surface area contributed by atoms with Crippen LogP contribution in [0.15, 0.2) is 53.1 Å². The van der Waals surface area contributed by atoms with E-state index in [9.17, 15) is 4.79 Å². The number of benzene rings is 1. The van der Waals surface area contributed by atoms with Crippen LogP contribution in [0.25, 0.3) is 0 Å². The summed E-state index contributed by atoms with van der Waals surface area (Å²) in [6.07, 6.45) is 1.69. The van der Waals surface area contributed by atoms with Crippen LogP contribution in [-0.2, 0) is 4.79 Å². The first-order valence-electron chi connectivity index (χ1n) is 6.74. The SMILES string of the molecule is C[C@H](C(=O)NCCOc1cccc(Br)c1)c1ccccn1. The van der Waals surface area contributed by atoms with E-state index in [2.05, 4.69) is 26.2 Å². The summed E-state index contributed by atoms with van der Waals surface area (Å²) < 4.78 is 6.53. The van der Waals surface area contributed by atoms with Crippen molar-refractivity contribution in [3.05, 3.63) is 58.8 Å². The molecule has 2 rings (SSSR count). The second-order valence-electron chi connectivity index (χ2n) is 4.57. The third-order valence-corrected chi connectivity index (χ3v) is 3.48. The molecule has 5 heteroatoms. The third kappa shape index (κ3) is 4.86. The highest BCUT2D eigenvalue weighted by Crippen LogP contribution is 2.17. The Morgan fingerprint density at radius 1 is 1.33 bits per heavy atom. The summed E-state index contributed by atoms with van der Waals surface area (Å²) in [4.78, 5) is 16.2. The fraction of sp³-hybridized carbons (Fsp3) is 0.250. The highest BCUT2D eigenvalue weighted by Gasteiger charge is 2.15. The predicted molar refractivity (Wildman–Crippen MR) is 85.3 cm³/mol. The van der Waals surface area contributed by atoms with Gasteiger partial charge in [-0.3, -0.25) is 9.78 Å². The summed E-state index contributed by atoms with van der Waals surface area (Å²) >= 11 is 3.38. The lowest BCUT2D eigenvalue weighted by Crippen LogP contribution is -2.31. The molecule has 0 aliphatic rings. The summed E-state index contributed by atoms with van der Waals surface area (Å²) in [5, 5.41) is 2.85. The van der Waals surface area contributed by atoms with E-state index in [0.717, 1.165) is 15.9 Å². The van der Waals surface area contributed by atoms with Crippen LogP contribution < -0.4 is 10.1 Å². The molecule has 0 aliphatic heterocycles. The second kappa shape index (κ2) is 7.78. The van der Waals surface area contributed by atoms with Crippen LogP contribution >= 0.6 is 15.9 Å². The molecule has 1 heterocycles. The number of hydrogen-bond acceptors (Lipinski definition) is 3. The van der Waals surface area contributed by atoms with Crippen molar-refractivity contribution in [1.29, 1.82) is 0 Å². The van der Waals surface area contributed by atoms with E-state index in [-0.39, 0.29) is 11.8 Å². The van der Waals surface area contributed by atoms with E-state index in [4.69, 9.17) is 4.74 Å². The molecule has 2 aromatic rings. The number of aromatic nitrogens is 1. The first-order valence-corrected chi connectivity index (χ1v) is 7.53. The van der Waals surface area contributed by atoms with Crippen molar-refractivity contribution in [3.63, 3.8) is 0 Å². The van der Waals surface area contributed by atoms with Gasteiger partial charge in [0, 0.05) is 10.7 Å². The molecule has 0 spiro atoms. The summed E-state index contributed by atoms with van der Waals surface area (Å²) in [6, 6.07) is 13.2. The van der Waals surface area contributed by atoms with E-state index < -0.39 is 0 Å². The number of pyridine rings is 1. The average Bonchev–Trinajstić information content (AvgIpc) is 2.51. The number of carbonyl (C=O) groups is 1. The molecule has 1 aromatic carbocycles. The number of nitrogens with one attached hydrogen (secondary N) is 1. The van der Waals surface area contributed by atoms with Gasteiger partial charge < -0.3 is 10.1 Å². The summed E-state index contributed by atoms with van der Waals surface area (Å²) in [5.41, 5.74) is 0.767. The lowest BCUT2D eigenvalue weighted by Gasteiger charge is -2.12. The van der Waals surface area contributed by atoms with Crippen molar-refractivity contribution in [1.82, 2.24) is 10.3 Å². The van der Waals surface area contributed by atoms with E-state index >= 15 is 0 Å². The molecule has 110 valence electrons. The van der Waals surface area contributed by atoms with E-state index in [0.29, 0.717) is 13.2 Å². The van der Waals surface area contributed by atoms with Gasteiger partial charge in [-0.05, 0) is 37.3 Å². The van der Waals surface area contributed by atoms with Crippen molar-refractivity contribution < 1.29 is 9.53 Å². The van der Waals surface area contributed by atoms with Crippen molar-refractivity contribution in [2.75, 3.05) is 13.2 Å². The molecule has 1 amide bonds. The van der Waals surface area contributed by atoms with Gasteiger partial charge in [-0.1, -0.05) is 28.1 Å². The lowest BCUT2D eigenvalue weighted by atomic mass is 10.1. The van der Waals surface area contributed by atoms with E-state index in [1.165, 1.54) is 0 Å². The molecule has 0 bridgehead atoms. The van der Waals surface area contributed by atoms with Gasteiger partial charge in [0.25, 0.3) is 0 Å². The van der Waals surface area contributed by atoms with Crippen molar-refractivity contribution in [3.8, 4) is 5.75 Å². The van der Waals surface area contributed by atoms with Gasteiger partial charge in [-0.15, -0.1) is 0 Å². The summed E-state index contributed by atoms with van der Waals surface area (Å²) in [6.45, 7) is 2.73. The number of nitrogens with zero attached hydrogens (tertiary/aromatic N) is 1. The van der Waals surface area contributed by atoms with Gasteiger partial charge in [-0.25, -0.2) is 0 Å². The molecule has 1 aromatic heterocycles. The topological polar surface area (TPSA) is 51.2 Å². The van der Waals surface area contributed by atoms with Crippen LogP contribution in [0, 0.1) is 0 Å². The van der Waals surface area contributed by atoms with E-state index in [1.807, 2.05) is 49.4 Å². The smallest absolute Gasteiger partial charge is 0.228 e. The van der Waals surface area contributed by atoms with Crippen molar-refractivity contribution >= 4 is 21.8 Å². The number of halogens is 1. The fourth-order valence-corrected chi connectivity index (χ4v) is 2.20. The maximum Gasteiger partial charge on any atom is 0.228 e. The Kier molecular flexibility index (Phi) is 5.75. The molecule has 0 fully saturated rings. The molecule has 21 heavy (non-hydrogen) atoms. The zero-order chi connectivity index (χ0) is 15.1. The Labute approximate surface area is 132 Å². The standard InChI is InChI=1S/C16H17BrN2O2/c1-12(15-7-2-3-8-18-15)16(20)19-9-10-21-14-6-4-5-13(17)11-14/h2-8,11-12H,9-10H2,1H3,(H,19,20)/t12-/m0/s1. The Bertz CT molecular complexity index is 590. The number of amides is 1. The minimum Gasteiger partial charge on any atom is -0.492 e. The lowest BCUT2D eigenvalue weighted by molar-refractivity contribution is -0.122. The normalized spacial score (nSPS) is 11.7. The number of carbonyl (C=O) groups excluding carboxylic acids is 1. The van der Waals surface area contributed by atoms with Gasteiger partial charge in [0.1, 0.15) is 12.4 Å². The van der Waals surface area contributed by atoms with Gasteiger partial charge in [-0.2, -0.15) is 0 Å². The molecule has 1 atom stereocenters. The highest BCUT2D eigenvalue weighted by molar-refractivity contribution is 9.10. The second-order valence-corrected chi connectivity index (χ2v) is 5.49. The van der Waals surface area contributed by atoms with Crippen LogP contribution in [0.3, 0.4) is 0 Å². The molecule has 0 saturated carbocycles. The first-order chi connectivity index (χ1) is 10.2. The van der Waals surface area contributed by atoms with Crippen molar-refractivity contribution in [2.45, 2.75) is 12.8 Å². The molecular formula is C16H17BrN2O2. The number of hydrogen-bond donors (Lipinski definition) is 1. The Morgan fingerprint density at radius 3 is 2.90 bits per heavy atom. The molecular weight excluding hydrogens is 332 g/mol. The van der Waals surface area contributed by atoms with Gasteiger partial charge in [0.05, 0.1) is 18.2 Å². The summed E-state index contributed by atoms with van der Waals surface area (Å²) in [7, 11) is 0. The number of rotatable bonds is 6. The van der Waals surface area contributed by atoms with E-state index in [1.54, 1.807) is 6.20 Å². The highest BCUT2D eigenvalue weighted by atomic mass is 79.9. The molecule has 0 saturated heterocycles. The first kappa shape index (κ1) is 15.5. The molecule has 4 nitrogen and oxygen atoms in total. The zero-order valence-electron chi connectivity index (χ0n) is 11.8. The third-order valence-electron chi connectivity index (χ3n) is 2.99. The predicted octanol–water partition coefficient (Wildman–Crippen LogP) is 3.14. The summed E-state index contributed by atoms with van der Waals surface area (Å²) in [5.74, 6) is 0.458. The zero-order valence-corrected chi connectivity index (χ0v) is 13.3. The van der Waals surface area contributed by atoms with Crippen LogP contribution in [0.5, 0.6) is 5.75 Å². The Morgan fingerprint density at radius 2 is 2.19 bits per heavy atom.